The molecule has 5 heteroatoms. The Morgan fingerprint density at radius 3 is 2.83 bits per heavy atom. The van der Waals surface area contributed by atoms with Crippen LogP contribution in [-0.2, 0) is 6.54 Å². The molecule has 0 amide bonds. The summed E-state index contributed by atoms with van der Waals surface area (Å²) in [6, 6.07) is 4.51. The van der Waals surface area contributed by atoms with Crippen LogP contribution in [0, 0.1) is 11.6 Å². The molecule has 2 nitrogen and oxygen atoms in total. The molecule has 18 heavy (non-hydrogen) atoms. The molecule has 0 spiro atoms. The van der Waals surface area contributed by atoms with Gasteiger partial charge in [-0.2, -0.15) is 0 Å². The molecule has 3 rings (SSSR count). The SMILES string of the molecule is Fc1ccc(-c2nc(CNC3CC3)cs2)cc1F. The molecule has 1 N–H and O–H groups in total. The molecule has 2 aromatic rings. The topological polar surface area (TPSA) is 24.9 Å². The van der Waals surface area contributed by atoms with Crippen LogP contribution in [0.4, 0.5) is 8.78 Å². The summed E-state index contributed by atoms with van der Waals surface area (Å²) < 4.78 is 26.0. The molecule has 1 saturated carbocycles. The van der Waals surface area contributed by atoms with Crippen LogP contribution >= 0.6 is 11.3 Å². The average Bonchev–Trinajstić information content (AvgIpc) is 3.08. The molecule has 1 aliphatic carbocycles. The van der Waals surface area contributed by atoms with E-state index in [-0.39, 0.29) is 0 Å². The Bertz CT molecular complexity index is 564. The zero-order chi connectivity index (χ0) is 12.5. The minimum Gasteiger partial charge on any atom is -0.308 e. The monoisotopic (exact) mass is 266 g/mol. The largest absolute Gasteiger partial charge is 0.308 e. The van der Waals surface area contributed by atoms with Gasteiger partial charge in [0, 0.05) is 23.5 Å². The van der Waals surface area contributed by atoms with E-state index in [0.717, 1.165) is 23.3 Å². The fourth-order valence-corrected chi connectivity index (χ4v) is 2.50. The number of hydrogen-bond donors (Lipinski definition) is 1. The summed E-state index contributed by atoms with van der Waals surface area (Å²) in [7, 11) is 0. The molecular weight excluding hydrogens is 254 g/mol. The third-order valence-corrected chi connectivity index (χ3v) is 3.81. The molecule has 1 aromatic heterocycles. The maximum atomic E-state index is 13.1. The van der Waals surface area contributed by atoms with Crippen molar-refractivity contribution in [2.75, 3.05) is 0 Å². The van der Waals surface area contributed by atoms with Crippen molar-refractivity contribution in [3.8, 4) is 10.6 Å². The molecule has 0 aliphatic heterocycles. The summed E-state index contributed by atoms with van der Waals surface area (Å²) in [5.41, 5.74) is 1.57. The van der Waals surface area contributed by atoms with E-state index in [4.69, 9.17) is 0 Å². The number of aromatic nitrogens is 1. The zero-order valence-corrected chi connectivity index (χ0v) is 10.4. The smallest absolute Gasteiger partial charge is 0.159 e. The van der Waals surface area contributed by atoms with Gasteiger partial charge < -0.3 is 5.32 Å². The Hall–Kier alpha value is -1.33. The van der Waals surface area contributed by atoms with Gasteiger partial charge in [0.05, 0.1) is 5.69 Å². The summed E-state index contributed by atoms with van der Waals surface area (Å²) >= 11 is 1.45. The average molecular weight is 266 g/mol. The van der Waals surface area contributed by atoms with Gasteiger partial charge in [-0.1, -0.05) is 0 Å². The van der Waals surface area contributed by atoms with Gasteiger partial charge >= 0.3 is 0 Å². The van der Waals surface area contributed by atoms with E-state index in [9.17, 15) is 8.78 Å². The van der Waals surface area contributed by atoms with Gasteiger partial charge in [0.2, 0.25) is 0 Å². The van der Waals surface area contributed by atoms with Crippen LogP contribution in [0.2, 0.25) is 0 Å². The van der Waals surface area contributed by atoms with Gasteiger partial charge in [0.15, 0.2) is 11.6 Å². The quantitative estimate of drug-likeness (QED) is 0.918. The Balaban J connectivity index is 1.76. The molecular formula is C13H12F2N2S. The van der Waals surface area contributed by atoms with Gasteiger partial charge in [0.1, 0.15) is 5.01 Å². The highest BCUT2D eigenvalue weighted by Crippen LogP contribution is 2.26. The number of nitrogens with zero attached hydrogens (tertiary/aromatic N) is 1. The highest BCUT2D eigenvalue weighted by atomic mass is 32.1. The van der Waals surface area contributed by atoms with Crippen molar-refractivity contribution >= 4 is 11.3 Å². The summed E-state index contributed by atoms with van der Waals surface area (Å²) in [5, 5.41) is 6.04. The van der Waals surface area contributed by atoms with Crippen LogP contribution in [0.15, 0.2) is 23.6 Å². The molecule has 1 heterocycles. The lowest BCUT2D eigenvalue weighted by Gasteiger charge is -1.99. The lowest BCUT2D eigenvalue weighted by atomic mass is 10.2. The molecule has 94 valence electrons. The van der Waals surface area contributed by atoms with E-state index in [2.05, 4.69) is 10.3 Å². The Morgan fingerprint density at radius 2 is 2.11 bits per heavy atom. The summed E-state index contributed by atoms with van der Waals surface area (Å²) in [5.74, 6) is -1.66. The van der Waals surface area contributed by atoms with Crippen molar-refractivity contribution in [1.29, 1.82) is 0 Å². The number of halogens is 2. The maximum absolute atomic E-state index is 13.1. The number of thiazole rings is 1. The lowest BCUT2D eigenvalue weighted by Crippen LogP contribution is -2.15. The fourth-order valence-electron chi connectivity index (χ4n) is 1.69. The van der Waals surface area contributed by atoms with Crippen molar-refractivity contribution in [1.82, 2.24) is 10.3 Å². The van der Waals surface area contributed by atoms with Crippen molar-refractivity contribution in [2.45, 2.75) is 25.4 Å². The minimum atomic E-state index is -0.833. The van der Waals surface area contributed by atoms with Crippen molar-refractivity contribution < 1.29 is 8.78 Å². The van der Waals surface area contributed by atoms with E-state index >= 15 is 0 Å². The lowest BCUT2D eigenvalue weighted by molar-refractivity contribution is 0.509. The molecule has 1 fully saturated rings. The van der Waals surface area contributed by atoms with Crippen LogP contribution < -0.4 is 5.32 Å². The van der Waals surface area contributed by atoms with Crippen LogP contribution in [-0.4, -0.2) is 11.0 Å². The first-order chi connectivity index (χ1) is 8.72. The van der Waals surface area contributed by atoms with Crippen molar-refractivity contribution in [3.05, 3.63) is 40.9 Å². The van der Waals surface area contributed by atoms with E-state index < -0.39 is 11.6 Å². The molecule has 0 saturated heterocycles. The Kier molecular flexibility index (Phi) is 3.09. The first kappa shape index (κ1) is 11.7. The van der Waals surface area contributed by atoms with Gasteiger partial charge in [-0.15, -0.1) is 11.3 Å². The maximum Gasteiger partial charge on any atom is 0.159 e. The molecule has 1 aromatic carbocycles. The number of rotatable bonds is 4. The summed E-state index contributed by atoms with van der Waals surface area (Å²) in [6.45, 7) is 0.741. The summed E-state index contributed by atoms with van der Waals surface area (Å²) in [6.07, 6.45) is 2.47. The minimum absolute atomic E-state index is 0.622. The van der Waals surface area contributed by atoms with Crippen molar-refractivity contribution in [2.24, 2.45) is 0 Å². The van der Waals surface area contributed by atoms with E-state index in [0.29, 0.717) is 11.6 Å². The molecule has 0 bridgehead atoms. The van der Waals surface area contributed by atoms with Gasteiger partial charge in [-0.05, 0) is 31.0 Å². The third-order valence-electron chi connectivity index (χ3n) is 2.87. The van der Waals surface area contributed by atoms with E-state index in [1.54, 1.807) is 6.07 Å². The van der Waals surface area contributed by atoms with Crippen LogP contribution in [0.3, 0.4) is 0 Å². The predicted molar refractivity (Wildman–Crippen MR) is 67.3 cm³/mol. The second-order valence-corrected chi connectivity index (χ2v) is 5.29. The van der Waals surface area contributed by atoms with Gasteiger partial charge in [0.25, 0.3) is 0 Å². The second kappa shape index (κ2) is 4.74. The third kappa shape index (κ3) is 2.57. The standard InChI is InChI=1S/C13H12F2N2S/c14-11-4-1-8(5-12(11)15)13-17-10(7-18-13)6-16-9-2-3-9/h1,4-5,7,9,16H,2-3,6H2. The first-order valence-electron chi connectivity index (χ1n) is 5.85. The molecule has 1 aliphatic rings. The number of nitrogens with one attached hydrogen (secondary N) is 1. The molecule has 0 radical (unpaired) electrons. The molecule has 0 unspecified atom stereocenters. The number of hydrogen-bond acceptors (Lipinski definition) is 3. The molecule has 0 atom stereocenters. The van der Waals surface area contributed by atoms with Crippen LogP contribution in [0.1, 0.15) is 18.5 Å². The highest BCUT2D eigenvalue weighted by Gasteiger charge is 2.20. The Labute approximate surface area is 108 Å². The van der Waals surface area contributed by atoms with Crippen LogP contribution in [0.5, 0.6) is 0 Å². The predicted octanol–water partition coefficient (Wildman–Crippen LogP) is 3.34. The first-order valence-corrected chi connectivity index (χ1v) is 6.73. The van der Waals surface area contributed by atoms with Gasteiger partial charge in [-0.3, -0.25) is 0 Å². The van der Waals surface area contributed by atoms with E-state index in [1.807, 2.05) is 5.38 Å². The van der Waals surface area contributed by atoms with Gasteiger partial charge in [-0.25, -0.2) is 13.8 Å². The summed E-state index contributed by atoms with van der Waals surface area (Å²) in [4.78, 5) is 4.42. The normalized spacial score (nSPS) is 15.0. The van der Waals surface area contributed by atoms with Crippen molar-refractivity contribution in [3.63, 3.8) is 0 Å². The fraction of sp³-hybridized carbons (Fsp3) is 0.308. The second-order valence-electron chi connectivity index (χ2n) is 4.43. The highest BCUT2D eigenvalue weighted by molar-refractivity contribution is 7.13. The Morgan fingerprint density at radius 1 is 1.28 bits per heavy atom. The number of benzene rings is 1. The van der Waals surface area contributed by atoms with E-state index in [1.165, 1.54) is 30.2 Å². The zero-order valence-electron chi connectivity index (χ0n) is 9.62. The van der Waals surface area contributed by atoms with Crippen LogP contribution in [0.25, 0.3) is 10.6 Å².